The molecule has 1 rings (SSSR count). The summed E-state index contributed by atoms with van der Waals surface area (Å²) in [5.74, 6) is -0.646. The summed E-state index contributed by atoms with van der Waals surface area (Å²) in [7, 11) is 0. The van der Waals surface area contributed by atoms with Gasteiger partial charge in [0.2, 0.25) is 0 Å². The van der Waals surface area contributed by atoms with Crippen molar-refractivity contribution in [3.05, 3.63) is 11.8 Å². The molecule has 22 heavy (non-hydrogen) atoms. The van der Waals surface area contributed by atoms with Crippen molar-refractivity contribution in [3.8, 4) is 0 Å². The van der Waals surface area contributed by atoms with Crippen molar-refractivity contribution < 1.29 is 14.3 Å². The molecular formula is C17H30N2O3. The number of carbonyl (C=O) groups is 2. The van der Waals surface area contributed by atoms with Gasteiger partial charge in [0.15, 0.2) is 0 Å². The molecule has 0 aromatic carbocycles. The molecule has 2 amide bonds. The molecule has 5 nitrogen and oxygen atoms in total. The van der Waals surface area contributed by atoms with Crippen LogP contribution in [0.25, 0.3) is 0 Å². The van der Waals surface area contributed by atoms with Gasteiger partial charge >= 0.3 is 0 Å². The number of hydrogen-bond acceptors (Lipinski definition) is 3. The second kappa shape index (κ2) is 11.1. The highest BCUT2D eigenvalue weighted by Crippen LogP contribution is 2.13. The Kier molecular flexibility index (Phi) is 9.35. The number of rotatable bonds is 12. The van der Waals surface area contributed by atoms with Crippen molar-refractivity contribution in [1.82, 2.24) is 10.4 Å². The first-order valence-electron chi connectivity index (χ1n) is 8.65. The van der Waals surface area contributed by atoms with Gasteiger partial charge in [-0.05, 0) is 13.3 Å². The highest BCUT2D eigenvalue weighted by atomic mass is 16.5. The van der Waals surface area contributed by atoms with Crippen molar-refractivity contribution in [2.75, 3.05) is 13.2 Å². The summed E-state index contributed by atoms with van der Waals surface area (Å²) in [5.41, 5.74) is 2.68. The molecule has 1 N–H and O–H groups in total. The fourth-order valence-corrected chi connectivity index (χ4v) is 2.48. The van der Waals surface area contributed by atoms with E-state index in [4.69, 9.17) is 4.74 Å². The van der Waals surface area contributed by atoms with Crippen molar-refractivity contribution >= 4 is 11.8 Å². The summed E-state index contributed by atoms with van der Waals surface area (Å²) in [6.45, 7) is 5.06. The van der Waals surface area contributed by atoms with Crippen molar-refractivity contribution in [2.45, 2.75) is 71.6 Å². The minimum atomic E-state index is -0.366. The first kappa shape index (κ1) is 18.5. The molecule has 0 saturated carbocycles. The fourth-order valence-electron chi connectivity index (χ4n) is 2.48. The standard InChI is InChI=1S/C17H30N2O3/c1-3-5-6-7-8-9-10-11-12-13-19-17(21)15(14-22-4-2)16(20)18-19/h14H,3-13H2,1-2H3,(H,18,20)/b15-14+. The molecule has 5 heteroatoms. The third-order valence-electron chi connectivity index (χ3n) is 3.81. The van der Waals surface area contributed by atoms with Crippen LogP contribution >= 0.6 is 0 Å². The van der Waals surface area contributed by atoms with Crippen molar-refractivity contribution in [2.24, 2.45) is 0 Å². The molecule has 1 aliphatic rings. The number of ether oxygens (including phenoxy) is 1. The number of hydrogen-bond donors (Lipinski definition) is 1. The van der Waals surface area contributed by atoms with Gasteiger partial charge in [-0.15, -0.1) is 0 Å². The number of nitrogens with one attached hydrogen (secondary N) is 1. The Morgan fingerprint density at radius 3 is 2.14 bits per heavy atom. The van der Waals surface area contributed by atoms with Crippen LogP contribution in [0.2, 0.25) is 0 Å². The fraction of sp³-hybridized carbons (Fsp3) is 0.765. The average Bonchev–Trinajstić information content (AvgIpc) is 2.78. The lowest BCUT2D eigenvalue weighted by molar-refractivity contribution is -0.128. The Hall–Kier alpha value is -1.52. The third kappa shape index (κ3) is 6.50. The smallest absolute Gasteiger partial charge is 0.281 e. The molecule has 0 unspecified atom stereocenters. The number of amides is 2. The Labute approximate surface area is 134 Å². The Balaban J connectivity index is 2.11. The van der Waals surface area contributed by atoms with Crippen molar-refractivity contribution in [1.29, 1.82) is 0 Å². The maximum atomic E-state index is 12.0. The summed E-state index contributed by atoms with van der Waals surface area (Å²) in [5, 5.41) is 1.40. The van der Waals surface area contributed by atoms with Crippen LogP contribution in [0.5, 0.6) is 0 Å². The topological polar surface area (TPSA) is 58.6 Å². The highest BCUT2D eigenvalue weighted by molar-refractivity contribution is 6.22. The summed E-state index contributed by atoms with van der Waals surface area (Å²) in [6.07, 6.45) is 12.3. The highest BCUT2D eigenvalue weighted by Gasteiger charge is 2.33. The van der Waals surface area contributed by atoms with E-state index < -0.39 is 0 Å². The Morgan fingerprint density at radius 2 is 1.55 bits per heavy atom. The zero-order valence-electron chi connectivity index (χ0n) is 14.0. The summed E-state index contributed by atoms with van der Waals surface area (Å²) < 4.78 is 5.03. The monoisotopic (exact) mass is 310 g/mol. The molecule has 1 aliphatic heterocycles. The summed E-state index contributed by atoms with van der Waals surface area (Å²) >= 11 is 0. The minimum absolute atomic E-state index is 0.0952. The van der Waals surface area contributed by atoms with Gasteiger partial charge in [-0.25, -0.2) is 5.01 Å². The van der Waals surface area contributed by atoms with E-state index in [0.29, 0.717) is 13.2 Å². The van der Waals surface area contributed by atoms with E-state index in [1.807, 2.05) is 6.92 Å². The van der Waals surface area contributed by atoms with E-state index in [-0.39, 0.29) is 17.4 Å². The number of hydrazine groups is 1. The second-order valence-corrected chi connectivity index (χ2v) is 5.71. The van der Waals surface area contributed by atoms with Crippen LogP contribution in [-0.4, -0.2) is 30.0 Å². The van der Waals surface area contributed by atoms with Crippen LogP contribution in [0.1, 0.15) is 71.6 Å². The molecule has 1 fully saturated rings. The average molecular weight is 310 g/mol. The normalized spacial score (nSPS) is 16.5. The molecule has 126 valence electrons. The molecule has 0 aromatic heterocycles. The molecule has 1 heterocycles. The summed E-state index contributed by atoms with van der Waals surface area (Å²) in [4.78, 5) is 23.6. The molecule has 0 aromatic rings. The lowest BCUT2D eigenvalue weighted by Crippen LogP contribution is -2.36. The SMILES string of the molecule is CCCCCCCCCCCN1NC(=O)/C(=C\OCC)C1=O. The molecule has 0 radical (unpaired) electrons. The van der Waals surface area contributed by atoms with Gasteiger partial charge in [0.1, 0.15) is 11.8 Å². The van der Waals surface area contributed by atoms with Crippen LogP contribution in [-0.2, 0) is 14.3 Å². The van der Waals surface area contributed by atoms with Crippen LogP contribution in [0.4, 0.5) is 0 Å². The van der Waals surface area contributed by atoms with Gasteiger partial charge in [0.25, 0.3) is 11.8 Å². The number of carbonyl (C=O) groups excluding carboxylic acids is 2. The van der Waals surface area contributed by atoms with Gasteiger partial charge in [0.05, 0.1) is 6.61 Å². The van der Waals surface area contributed by atoms with Crippen molar-refractivity contribution in [3.63, 3.8) is 0 Å². The minimum Gasteiger partial charge on any atom is -0.500 e. The quantitative estimate of drug-likeness (QED) is 0.260. The molecular weight excluding hydrogens is 280 g/mol. The number of unbranched alkanes of at least 4 members (excludes halogenated alkanes) is 8. The molecule has 0 atom stereocenters. The Morgan fingerprint density at radius 1 is 0.955 bits per heavy atom. The third-order valence-corrected chi connectivity index (χ3v) is 3.81. The van der Waals surface area contributed by atoms with Gasteiger partial charge in [-0.2, -0.15) is 0 Å². The summed E-state index contributed by atoms with van der Waals surface area (Å²) in [6, 6.07) is 0. The largest absolute Gasteiger partial charge is 0.500 e. The van der Waals surface area contributed by atoms with Gasteiger partial charge < -0.3 is 4.74 Å². The predicted molar refractivity (Wildman–Crippen MR) is 86.8 cm³/mol. The van der Waals surface area contributed by atoms with E-state index in [1.54, 1.807) is 0 Å². The van der Waals surface area contributed by atoms with E-state index >= 15 is 0 Å². The van der Waals surface area contributed by atoms with Crippen LogP contribution in [0.15, 0.2) is 11.8 Å². The van der Waals surface area contributed by atoms with Crippen LogP contribution in [0.3, 0.4) is 0 Å². The maximum Gasteiger partial charge on any atom is 0.281 e. The van der Waals surface area contributed by atoms with E-state index in [1.165, 1.54) is 56.2 Å². The molecule has 0 aliphatic carbocycles. The zero-order chi connectivity index (χ0) is 16.2. The molecule has 0 bridgehead atoms. The van der Waals surface area contributed by atoms with Gasteiger partial charge in [-0.1, -0.05) is 58.3 Å². The van der Waals surface area contributed by atoms with E-state index in [9.17, 15) is 9.59 Å². The Bertz CT molecular complexity index is 380. The predicted octanol–water partition coefficient (Wildman–Crippen LogP) is 3.31. The lowest BCUT2D eigenvalue weighted by atomic mass is 10.1. The van der Waals surface area contributed by atoms with E-state index in [0.717, 1.165) is 12.8 Å². The molecule has 1 saturated heterocycles. The van der Waals surface area contributed by atoms with Gasteiger partial charge in [-0.3, -0.25) is 15.0 Å². The maximum absolute atomic E-state index is 12.0. The van der Waals surface area contributed by atoms with Gasteiger partial charge in [0, 0.05) is 6.54 Å². The zero-order valence-corrected chi connectivity index (χ0v) is 14.0. The second-order valence-electron chi connectivity index (χ2n) is 5.71. The first-order valence-corrected chi connectivity index (χ1v) is 8.65. The first-order chi connectivity index (χ1) is 10.7. The van der Waals surface area contributed by atoms with Crippen LogP contribution in [0, 0.1) is 0 Å². The van der Waals surface area contributed by atoms with Crippen LogP contribution < -0.4 is 5.43 Å². The number of nitrogens with zero attached hydrogens (tertiary/aromatic N) is 1. The lowest BCUT2D eigenvalue weighted by Gasteiger charge is -2.14. The van der Waals surface area contributed by atoms with E-state index in [2.05, 4.69) is 12.3 Å². The molecule has 0 spiro atoms.